The number of H-pyrrole nitrogens is 1. The third-order valence-corrected chi connectivity index (χ3v) is 2.94. The maximum atomic E-state index is 10.2. The summed E-state index contributed by atoms with van der Waals surface area (Å²) < 4.78 is 0. The third-order valence-electron chi connectivity index (χ3n) is 2.94. The summed E-state index contributed by atoms with van der Waals surface area (Å²) in [6.07, 6.45) is 0.809. The third kappa shape index (κ3) is 4.48. The van der Waals surface area contributed by atoms with Crippen LogP contribution in [0.1, 0.15) is 44.1 Å². The van der Waals surface area contributed by atoms with Gasteiger partial charge in [-0.3, -0.25) is 5.10 Å². The van der Waals surface area contributed by atoms with E-state index >= 15 is 0 Å². The smallest absolute Gasteiger partial charge is 0.0746 e. The molecule has 0 aliphatic heterocycles. The van der Waals surface area contributed by atoms with E-state index in [4.69, 9.17) is 0 Å². The summed E-state index contributed by atoms with van der Waals surface area (Å²) in [5.74, 6) is 0.504. The minimum atomic E-state index is -0.639. The second-order valence-corrected chi connectivity index (χ2v) is 5.61. The lowest BCUT2D eigenvalue weighted by Crippen LogP contribution is -2.38. The van der Waals surface area contributed by atoms with Crippen LogP contribution in [-0.4, -0.2) is 27.4 Å². The van der Waals surface area contributed by atoms with Gasteiger partial charge in [0.1, 0.15) is 0 Å². The van der Waals surface area contributed by atoms with Gasteiger partial charge < -0.3 is 10.4 Å². The van der Waals surface area contributed by atoms with Crippen LogP contribution in [0.4, 0.5) is 0 Å². The van der Waals surface area contributed by atoms with Crippen molar-refractivity contribution in [2.75, 3.05) is 6.54 Å². The van der Waals surface area contributed by atoms with Gasteiger partial charge in [-0.15, -0.1) is 0 Å². The molecule has 0 aliphatic rings. The molecule has 0 amide bonds. The fourth-order valence-electron chi connectivity index (χ4n) is 2.24. The number of aromatic amines is 1. The Hall–Kier alpha value is -0.870. The SMILES string of the molecule is Cc1n[nH]c(C)c1CNCC(C)(O)CC(C)C. The minimum absolute atomic E-state index is 0.504. The van der Waals surface area contributed by atoms with Crippen molar-refractivity contribution in [2.45, 2.75) is 53.2 Å². The van der Waals surface area contributed by atoms with Crippen molar-refractivity contribution >= 4 is 0 Å². The van der Waals surface area contributed by atoms with Crippen LogP contribution in [0.3, 0.4) is 0 Å². The molecule has 17 heavy (non-hydrogen) atoms. The van der Waals surface area contributed by atoms with Gasteiger partial charge in [0.25, 0.3) is 0 Å². The summed E-state index contributed by atoms with van der Waals surface area (Å²) in [5, 5.41) is 20.6. The number of aryl methyl sites for hydroxylation is 2. The van der Waals surface area contributed by atoms with Crippen LogP contribution >= 0.6 is 0 Å². The van der Waals surface area contributed by atoms with E-state index in [2.05, 4.69) is 29.4 Å². The molecule has 4 nitrogen and oxygen atoms in total. The number of rotatable bonds is 6. The standard InChI is InChI=1S/C13H25N3O/c1-9(2)6-13(5,17)8-14-7-12-10(3)15-16-11(12)4/h9,14,17H,6-8H2,1-5H3,(H,15,16). The number of aliphatic hydroxyl groups is 1. The number of aromatic nitrogens is 2. The number of hydrogen-bond acceptors (Lipinski definition) is 3. The van der Waals surface area contributed by atoms with E-state index < -0.39 is 5.60 Å². The van der Waals surface area contributed by atoms with Crippen molar-refractivity contribution in [2.24, 2.45) is 5.92 Å². The van der Waals surface area contributed by atoms with Crippen molar-refractivity contribution in [3.63, 3.8) is 0 Å². The van der Waals surface area contributed by atoms with Crippen LogP contribution in [0.5, 0.6) is 0 Å². The topological polar surface area (TPSA) is 60.9 Å². The Morgan fingerprint density at radius 2 is 2.06 bits per heavy atom. The lowest BCUT2D eigenvalue weighted by molar-refractivity contribution is 0.0383. The monoisotopic (exact) mass is 239 g/mol. The largest absolute Gasteiger partial charge is 0.389 e. The normalized spacial score (nSPS) is 15.2. The van der Waals surface area contributed by atoms with Gasteiger partial charge >= 0.3 is 0 Å². The molecule has 1 unspecified atom stereocenters. The van der Waals surface area contributed by atoms with Gasteiger partial charge in [-0.2, -0.15) is 5.10 Å². The summed E-state index contributed by atoms with van der Waals surface area (Å²) in [5.41, 5.74) is 2.68. The molecule has 1 heterocycles. The molecule has 4 heteroatoms. The molecule has 1 aromatic rings. The van der Waals surface area contributed by atoms with Crippen LogP contribution in [0.15, 0.2) is 0 Å². The zero-order valence-electron chi connectivity index (χ0n) is 11.6. The summed E-state index contributed by atoms with van der Waals surface area (Å²) in [6, 6.07) is 0. The fourth-order valence-corrected chi connectivity index (χ4v) is 2.24. The molecule has 0 spiro atoms. The lowest BCUT2D eigenvalue weighted by Gasteiger charge is -2.25. The fraction of sp³-hybridized carbons (Fsp3) is 0.769. The van der Waals surface area contributed by atoms with Gasteiger partial charge in [-0.25, -0.2) is 0 Å². The van der Waals surface area contributed by atoms with Crippen LogP contribution in [0.2, 0.25) is 0 Å². The molecule has 0 radical (unpaired) electrons. The molecule has 0 fully saturated rings. The molecule has 0 bridgehead atoms. The van der Waals surface area contributed by atoms with E-state index in [1.807, 2.05) is 20.8 Å². The van der Waals surface area contributed by atoms with E-state index in [0.717, 1.165) is 24.4 Å². The van der Waals surface area contributed by atoms with E-state index in [-0.39, 0.29) is 0 Å². The Balaban J connectivity index is 2.42. The van der Waals surface area contributed by atoms with Crippen LogP contribution in [-0.2, 0) is 6.54 Å². The molecular weight excluding hydrogens is 214 g/mol. The Morgan fingerprint density at radius 3 is 2.53 bits per heavy atom. The van der Waals surface area contributed by atoms with Gasteiger partial charge in [0.2, 0.25) is 0 Å². The zero-order chi connectivity index (χ0) is 13.1. The Kier molecular flexibility index (Phi) is 4.71. The van der Waals surface area contributed by atoms with Crippen LogP contribution in [0, 0.1) is 19.8 Å². The van der Waals surface area contributed by atoms with Crippen LogP contribution < -0.4 is 5.32 Å². The Labute approximate surface area is 104 Å². The second-order valence-electron chi connectivity index (χ2n) is 5.61. The molecule has 0 saturated carbocycles. The number of hydrogen-bond donors (Lipinski definition) is 3. The quantitative estimate of drug-likeness (QED) is 0.710. The molecule has 98 valence electrons. The van der Waals surface area contributed by atoms with E-state index in [1.54, 1.807) is 0 Å². The predicted octanol–water partition coefficient (Wildman–Crippen LogP) is 1.91. The molecule has 0 aromatic carbocycles. The van der Waals surface area contributed by atoms with Crippen molar-refractivity contribution in [1.82, 2.24) is 15.5 Å². The maximum absolute atomic E-state index is 10.2. The van der Waals surface area contributed by atoms with E-state index in [9.17, 15) is 5.11 Å². The highest BCUT2D eigenvalue weighted by Gasteiger charge is 2.21. The van der Waals surface area contributed by atoms with E-state index in [0.29, 0.717) is 12.5 Å². The molecule has 1 atom stereocenters. The summed E-state index contributed by atoms with van der Waals surface area (Å²) >= 11 is 0. The van der Waals surface area contributed by atoms with Crippen molar-refractivity contribution < 1.29 is 5.11 Å². The summed E-state index contributed by atoms with van der Waals surface area (Å²) in [4.78, 5) is 0. The Bertz CT molecular complexity index is 336. The maximum Gasteiger partial charge on any atom is 0.0746 e. The highest BCUT2D eigenvalue weighted by atomic mass is 16.3. The van der Waals surface area contributed by atoms with Crippen molar-refractivity contribution in [3.8, 4) is 0 Å². The van der Waals surface area contributed by atoms with Gasteiger partial charge in [-0.05, 0) is 33.1 Å². The molecular formula is C13H25N3O. The average molecular weight is 239 g/mol. The van der Waals surface area contributed by atoms with Gasteiger partial charge in [-0.1, -0.05) is 13.8 Å². The van der Waals surface area contributed by atoms with Crippen molar-refractivity contribution in [3.05, 3.63) is 17.0 Å². The summed E-state index contributed by atoms with van der Waals surface area (Å²) in [6.45, 7) is 11.5. The first-order valence-corrected chi connectivity index (χ1v) is 6.25. The molecule has 0 aliphatic carbocycles. The number of nitrogens with one attached hydrogen (secondary N) is 2. The highest BCUT2D eigenvalue weighted by Crippen LogP contribution is 2.15. The van der Waals surface area contributed by atoms with Gasteiger partial charge in [0.15, 0.2) is 0 Å². The molecule has 0 saturated heterocycles. The molecule has 1 rings (SSSR count). The second kappa shape index (κ2) is 5.65. The minimum Gasteiger partial charge on any atom is -0.389 e. The first-order valence-electron chi connectivity index (χ1n) is 6.25. The predicted molar refractivity (Wildman–Crippen MR) is 69.8 cm³/mol. The van der Waals surface area contributed by atoms with Gasteiger partial charge in [0.05, 0.1) is 11.3 Å². The Morgan fingerprint density at radius 1 is 1.41 bits per heavy atom. The molecule has 1 aromatic heterocycles. The lowest BCUT2D eigenvalue weighted by atomic mass is 9.94. The number of nitrogens with zero attached hydrogens (tertiary/aromatic N) is 1. The average Bonchev–Trinajstić information content (AvgIpc) is 2.46. The van der Waals surface area contributed by atoms with Crippen LogP contribution in [0.25, 0.3) is 0 Å². The zero-order valence-corrected chi connectivity index (χ0v) is 11.6. The molecule has 3 N–H and O–H groups in total. The van der Waals surface area contributed by atoms with E-state index in [1.165, 1.54) is 5.56 Å². The van der Waals surface area contributed by atoms with Crippen molar-refractivity contribution in [1.29, 1.82) is 0 Å². The summed E-state index contributed by atoms with van der Waals surface area (Å²) in [7, 11) is 0. The first kappa shape index (κ1) is 14.2. The van der Waals surface area contributed by atoms with Gasteiger partial charge in [0, 0.05) is 24.3 Å². The highest BCUT2D eigenvalue weighted by molar-refractivity contribution is 5.22. The first-order chi connectivity index (χ1) is 7.82.